The van der Waals surface area contributed by atoms with Crippen LogP contribution < -0.4 is 5.32 Å². The second-order valence-corrected chi connectivity index (χ2v) is 6.44. The monoisotopic (exact) mass is 347 g/mol. The number of carbonyl (C=O) groups is 1. The quantitative estimate of drug-likeness (QED) is 0.845. The Labute approximate surface area is 131 Å². The molecule has 0 saturated carbocycles. The van der Waals surface area contributed by atoms with Gasteiger partial charge in [0.1, 0.15) is 5.82 Å². The van der Waals surface area contributed by atoms with Gasteiger partial charge in [-0.05, 0) is 35.2 Å². The van der Waals surface area contributed by atoms with Gasteiger partial charge >= 0.3 is 0 Å². The second kappa shape index (κ2) is 5.98. The molecular formula is C17H15BrFNO. The van der Waals surface area contributed by atoms with E-state index in [1.165, 1.54) is 23.3 Å². The van der Waals surface area contributed by atoms with Crippen molar-refractivity contribution in [1.29, 1.82) is 0 Å². The van der Waals surface area contributed by atoms with Crippen molar-refractivity contribution < 1.29 is 9.18 Å². The summed E-state index contributed by atoms with van der Waals surface area (Å²) in [5.41, 5.74) is 3.25. The molecule has 1 amide bonds. The van der Waals surface area contributed by atoms with E-state index >= 15 is 0 Å². The van der Waals surface area contributed by atoms with Crippen molar-refractivity contribution in [1.82, 2.24) is 5.32 Å². The van der Waals surface area contributed by atoms with Crippen LogP contribution in [0.4, 0.5) is 4.39 Å². The molecule has 1 aliphatic rings. The van der Waals surface area contributed by atoms with E-state index in [9.17, 15) is 9.18 Å². The van der Waals surface area contributed by atoms with Crippen LogP contribution in [-0.4, -0.2) is 10.7 Å². The van der Waals surface area contributed by atoms with Crippen molar-refractivity contribution in [2.45, 2.75) is 23.7 Å². The summed E-state index contributed by atoms with van der Waals surface area (Å²) in [6.07, 6.45) is 1.18. The fourth-order valence-corrected chi connectivity index (χ4v) is 3.49. The van der Waals surface area contributed by atoms with Gasteiger partial charge in [-0.25, -0.2) is 4.39 Å². The minimum Gasteiger partial charge on any atom is -0.348 e. The molecule has 0 saturated heterocycles. The third-order valence-corrected chi connectivity index (χ3v) is 4.61. The maximum atomic E-state index is 12.9. The predicted molar refractivity (Wildman–Crippen MR) is 83.8 cm³/mol. The Balaban J connectivity index is 1.69. The number of alkyl halides is 1. The molecule has 4 heteroatoms. The highest BCUT2D eigenvalue weighted by Gasteiger charge is 2.31. The third-order valence-electron chi connectivity index (χ3n) is 3.76. The summed E-state index contributed by atoms with van der Waals surface area (Å²) in [7, 11) is 0. The average Bonchev–Trinajstić information content (AvgIpc) is 2.78. The average molecular weight is 348 g/mol. The van der Waals surface area contributed by atoms with Crippen LogP contribution in [0.3, 0.4) is 0 Å². The van der Waals surface area contributed by atoms with Crippen molar-refractivity contribution in [3.8, 4) is 0 Å². The van der Waals surface area contributed by atoms with Crippen molar-refractivity contribution in [2.75, 3.05) is 0 Å². The molecule has 2 aromatic carbocycles. The van der Waals surface area contributed by atoms with E-state index in [1.54, 1.807) is 12.1 Å². The minimum atomic E-state index is -0.288. The van der Waals surface area contributed by atoms with Crippen LogP contribution in [0.2, 0.25) is 0 Å². The summed E-state index contributed by atoms with van der Waals surface area (Å²) in [5, 5.41) is 3.07. The molecule has 1 aliphatic carbocycles. The second-order valence-electron chi connectivity index (χ2n) is 5.27. The van der Waals surface area contributed by atoms with Gasteiger partial charge in [0, 0.05) is 4.83 Å². The first-order valence-electron chi connectivity index (χ1n) is 6.89. The van der Waals surface area contributed by atoms with Crippen LogP contribution >= 0.6 is 15.9 Å². The van der Waals surface area contributed by atoms with Crippen molar-refractivity contribution in [3.63, 3.8) is 0 Å². The van der Waals surface area contributed by atoms with Gasteiger partial charge in [0.05, 0.1) is 12.5 Å². The third kappa shape index (κ3) is 3.16. The highest BCUT2D eigenvalue weighted by atomic mass is 79.9. The van der Waals surface area contributed by atoms with E-state index in [0.29, 0.717) is 0 Å². The molecule has 3 rings (SSSR count). The molecule has 0 heterocycles. The first-order chi connectivity index (χ1) is 10.1. The Hall–Kier alpha value is -1.68. The van der Waals surface area contributed by atoms with Crippen LogP contribution in [0.25, 0.3) is 0 Å². The van der Waals surface area contributed by atoms with Gasteiger partial charge in [0.2, 0.25) is 5.91 Å². The summed E-state index contributed by atoms with van der Waals surface area (Å²) >= 11 is 3.64. The first-order valence-corrected chi connectivity index (χ1v) is 7.81. The minimum absolute atomic E-state index is 0.00542. The lowest BCUT2D eigenvalue weighted by Crippen LogP contribution is -2.32. The van der Waals surface area contributed by atoms with Crippen LogP contribution in [-0.2, 0) is 17.6 Å². The lowest BCUT2D eigenvalue weighted by molar-refractivity contribution is -0.121. The van der Waals surface area contributed by atoms with Gasteiger partial charge in [-0.2, -0.15) is 0 Å². The van der Waals surface area contributed by atoms with Crippen LogP contribution in [0.15, 0.2) is 48.5 Å². The molecule has 1 N–H and O–H groups in total. The number of amides is 1. The number of fused-ring (bicyclic) bond motifs is 1. The number of hydrogen-bond donors (Lipinski definition) is 1. The molecule has 2 unspecified atom stereocenters. The molecule has 0 aromatic heterocycles. The molecule has 0 spiro atoms. The van der Waals surface area contributed by atoms with Gasteiger partial charge in [0.15, 0.2) is 0 Å². The van der Waals surface area contributed by atoms with Crippen LogP contribution in [0, 0.1) is 5.82 Å². The molecular weight excluding hydrogens is 333 g/mol. The van der Waals surface area contributed by atoms with E-state index in [-0.39, 0.29) is 29.0 Å². The normalized spacial score (nSPS) is 20.1. The highest BCUT2D eigenvalue weighted by Crippen LogP contribution is 2.35. The molecule has 108 valence electrons. The van der Waals surface area contributed by atoms with Gasteiger partial charge in [0.25, 0.3) is 0 Å². The van der Waals surface area contributed by atoms with E-state index in [4.69, 9.17) is 0 Å². The SMILES string of the molecule is O=C(Cc1ccc(F)cc1)NC1c2ccccc2CC1Br. The number of hydrogen-bond acceptors (Lipinski definition) is 1. The Kier molecular flexibility index (Phi) is 4.06. The maximum absolute atomic E-state index is 12.9. The number of carbonyl (C=O) groups excluding carboxylic acids is 1. The molecule has 0 aliphatic heterocycles. The molecule has 0 fully saturated rings. The Morgan fingerprint density at radius 2 is 1.90 bits per heavy atom. The molecule has 2 atom stereocenters. The van der Waals surface area contributed by atoms with Crippen molar-refractivity contribution in [3.05, 3.63) is 71.0 Å². The molecule has 2 nitrogen and oxygen atoms in total. The van der Waals surface area contributed by atoms with Crippen molar-refractivity contribution in [2.24, 2.45) is 0 Å². The molecule has 0 bridgehead atoms. The standard InChI is InChI=1S/C17H15BrFNO/c18-15-10-12-3-1-2-4-14(12)17(15)20-16(21)9-11-5-7-13(19)8-6-11/h1-8,15,17H,9-10H2,(H,20,21). The molecule has 21 heavy (non-hydrogen) atoms. The highest BCUT2D eigenvalue weighted by molar-refractivity contribution is 9.09. The number of nitrogens with one attached hydrogen (secondary N) is 1. The fourth-order valence-electron chi connectivity index (χ4n) is 2.73. The van der Waals surface area contributed by atoms with E-state index in [1.807, 2.05) is 12.1 Å². The Bertz CT molecular complexity index is 656. The zero-order valence-electron chi connectivity index (χ0n) is 11.4. The van der Waals surface area contributed by atoms with Gasteiger partial charge in [-0.3, -0.25) is 4.79 Å². The van der Waals surface area contributed by atoms with Crippen LogP contribution in [0.1, 0.15) is 22.7 Å². The summed E-state index contributed by atoms with van der Waals surface area (Å²) in [6, 6.07) is 14.2. The Morgan fingerprint density at radius 1 is 1.19 bits per heavy atom. The smallest absolute Gasteiger partial charge is 0.224 e. The number of halogens is 2. The fraction of sp³-hybridized carbons (Fsp3) is 0.235. The van der Waals surface area contributed by atoms with Gasteiger partial charge < -0.3 is 5.32 Å². The van der Waals surface area contributed by atoms with Gasteiger partial charge in [-0.1, -0.05) is 52.3 Å². The molecule has 2 aromatic rings. The van der Waals surface area contributed by atoms with E-state index in [2.05, 4.69) is 33.4 Å². The summed E-state index contributed by atoms with van der Waals surface area (Å²) < 4.78 is 12.9. The van der Waals surface area contributed by atoms with Gasteiger partial charge in [-0.15, -0.1) is 0 Å². The summed E-state index contributed by atoms with van der Waals surface area (Å²) in [5.74, 6) is -0.336. The topological polar surface area (TPSA) is 29.1 Å². The maximum Gasteiger partial charge on any atom is 0.224 e. The van der Waals surface area contributed by atoms with E-state index in [0.717, 1.165) is 12.0 Å². The summed E-state index contributed by atoms with van der Waals surface area (Å²) in [4.78, 5) is 12.4. The number of benzene rings is 2. The lowest BCUT2D eigenvalue weighted by Gasteiger charge is -2.17. The van der Waals surface area contributed by atoms with Crippen LogP contribution in [0.5, 0.6) is 0 Å². The van der Waals surface area contributed by atoms with Crippen molar-refractivity contribution >= 4 is 21.8 Å². The summed E-state index contributed by atoms with van der Waals surface area (Å²) in [6.45, 7) is 0. The first kappa shape index (κ1) is 14.3. The molecule has 0 radical (unpaired) electrons. The van der Waals surface area contributed by atoms with E-state index < -0.39 is 0 Å². The largest absolute Gasteiger partial charge is 0.348 e. The lowest BCUT2D eigenvalue weighted by atomic mass is 10.1. The number of rotatable bonds is 3. The predicted octanol–water partition coefficient (Wildman–Crippen LogP) is 3.55. The zero-order chi connectivity index (χ0) is 14.8. The zero-order valence-corrected chi connectivity index (χ0v) is 12.9. The Morgan fingerprint density at radius 3 is 2.67 bits per heavy atom.